The fourth-order valence-corrected chi connectivity index (χ4v) is 11.0. The zero-order chi connectivity index (χ0) is 36.9. The molecule has 0 aliphatic heterocycles. The normalized spacial score (nSPS) is 10.9. The maximum absolute atomic E-state index is 6.09. The molecule has 6 aromatic carbocycles. The van der Waals surface area contributed by atoms with Gasteiger partial charge in [-0.15, -0.1) is 11.8 Å². The van der Waals surface area contributed by atoms with Gasteiger partial charge < -0.3 is 9.47 Å². The summed E-state index contributed by atoms with van der Waals surface area (Å²) >= 11 is 0. The number of benzene rings is 6. The molecule has 0 spiro atoms. The van der Waals surface area contributed by atoms with Gasteiger partial charge in [-0.05, 0) is 97.6 Å². The topological polar surface area (TPSA) is 18.5 Å². The van der Waals surface area contributed by atoms with Crippen molar-refractivity contribution >= 4 is 47.7 Å². The fraction of sp³-hybridized carbons (Fsp3) is 0.240. The van der Waals surface area contributed by atoms with Crippen molar-refractivity contribution < 1.29 is 9.47 Å². The Hall–Kier alpha value is -4.66. The third-order valence-electron chi connectivity index (χ3n) is 9.30. The zero-order valence-electron chi connectivity index (χ0n) is 31.4. The number of hydrogen-bond donors (Lipinski definition) is 0. The lowest BCUT2D eigenvalue weighted by atomic mass is 10.1. The van der Waals surface area contributed by atoms with Crippen LogP contribution in [-0.2, 0) is 0 Å². The molecule has 0 fully saturated rings. The van der Waals surface area contributed by atoms with E-state index in [2.05, 4.69) is 182 Å². The van der Waals surface area contributed by atoms with Gasteiger partial charge in [0.2, 0.25) is 0 Å². The second-order valence-corrected chi connectivity index (χ2v) is 17.8. The van der Waals surface area contributed by atoms with Gasteiger partial charge in [0.05, 0.1) is 13.2 Å². The molecule has 0 aliphatic rings. The summed E-state index contributed by atoms with van der Waals surface area (Å²) in [4.78, 5) is 0. The van der Waals surface area contributed by atoms with Crippen LogP contribution >= 0.6 is 15.8 Å². The summed E-state index contributed by atoms with van der Waals surface area (Å²) in [5.74, 6) is 8.70. The predicted octanol–water partition coefficient (Wildman–Crippen LogP) is 10.6. The van der Waals surface area contributed by atoms with Gasteiger partial charge in [0, 0.05) is 12.8 Å². The molecule has 6 aromatic rings. The summed E-state index contributed by atoms with van der Waals surface area (Å²) in [5.41, 5.74) is 0. The average Bonchev–Trinajstić information content (AvgIpc) is 3.23. The Balaban J connectivity index is 0.789. The van der Waals surface area contributed by atoms with E-state index in [0.717, 1.165) is 50.4 Å². The first-order valence-corrected chi connectivity index (χ1v) is 22.3. The number of unbranched alkanes of at least 4 members (excludes halogenated alkanes) is 8. The molecule has 0 N–H and O–H groups in total. The van der Waals surface area contributed by atoms with E-state index in [4.69, 9.17) is 9.47 Å². The molecule has 0 aromatic heterocycles. The summed E-state index contributed by atoms with van der Waals surface area (Å²) in [6.45, 7) is 1.53. The highest BCUT2D eigenvalue weighted by atomic mass is 31.1. The Morgan fingerprint density at radius 2 is 0.574 bits per heavy atom. The molecule has 0 saturated carbocycles. The Kier molecular flexibility index (Phi) is 16.3. The molecule has 4 heteroatoms. The van der Waals surface area contributed by atoms with Crippen LogP contribution in [0, 0.1) is 11.8 Å². The first-order chi connectivity index (χ1) is 26.8. The summed E-state index contributed by atoms with van der Waals surface area (Å²) in [6.07, 6.45) is 11.3. The highest BCUT2D eigenvalue weighted by Gasteiger charge is 2.17. The molecule has 0 amide bonds. The van der Waals surface area contributed by atoms with Gasteiger partial charge in [0.15, 0.2) is 0 Å². The molecule has 6 rings (SSSR count). The van der Waals surface area contributed by atoms with E-state index in [1.165, 1.54) is 70.4 Å². The Morgan fingerprint density at radius 3 is 0.889 bits per heavy atom. The van der Waals surface area contributed by atoms with Crippen LogP contribution < -0.4 is 41.3 Å². The Bertz CT molecular complexity index is 1730. The van der Waals surface area contributed by atoms with Crippen molar-refractivity contribution in [1.82, 2.24) is 0 Å². The molecule has 0 aliphatic carbocycles. The van der Waals surface area contributed by atoms with Crippen LogP contribution in [0.4, 0.5) is 0 Å². The van der Waals surface area contributed by atoms with Crippen LogP contribution in [0.15, 0.2) is 170 Å². The van der Waals surface area contributed by atoms with Crippen LogP contribution in [0.25, 0.3) is 0 Å². The van der Waals surface area contributed by atoms with Crippen LogP contribution in [0.2, 0.25) is 0 Å². The summed E-state index contributed by atoms with van der Waals surface area (Å²) in [7, 11) is -1.17. The molecule has 0 heterocycles. The SMILES string of the molecule is C(#CCCCCCCOc1ccc(P(c2ccccc2)c2ccccc2)cc1)CCCCCCOc1ccc(P(c2ccccc2)c2ccccc2)cc1. The van der Waals surface area contributed by atoms with E-state index < -0.39 is 15.8 Å². The van der Waals surface area contributed by atoms with Gasteiger partial charge in [-0.25, -0.2) is 0 Å². The van der Waals surface area contributed by atoms with Gasteiger partial charge in [-0.2, -0.15) is 0 Å². The predicted molar refractivity (Wildman–Crippen MR) is 235 cm³/mol. The third kappa shape index (κ3) is 12.5. The van der Waals surface area contributed by atoms with Gasteiger partial charge in [-0.1, -0.05) is 171 Å². The quantitative estimate of drug-likeness (QED) is 0.0440. The smallest absolute Gasteiger partial charge is 0.119 e. The van der Waals surface area contributed by atoms with Gasteiger partial charge in [-0.3, -0.25) is 0 Å². The van der Waals surface area contributed by atoms with E-state index >= 15 is 0 Å². The Morgan fingerprint density at radius 1 is 0.296 bits per heavy atom. The van der Waals surface area contributed by atoms with Crippen LogP contribution in [0.1, 0.15) is 64.2 Å². The largest absolute Gasteiger partial charge is 0.494 e. The van der Waals surface area contributed by atoms with Crippen LogP contribution in [-0.4, -0.2) is 13.2 Å². The second-order valence-electron chi connectivity index (χ2n) is 13.4. The Labute approximate surface area is 326 Å². The van der Waals surface area contributed by atoms with E-state index in [0.29, 0.717) is 0 Å². The van der Waals surface area contributed by atoms with Crippen molar-refractivity contribution in [3.05, 3.63) is 170 Å². The van der Waals surface area contributed by atoms with Crippen molar-refractivity contribution in [2.75, 3.05) is 13.2 Å². The summed E-state index contributed by atoms with van der Waals surface area (Å²) in [5, 5.41) is 8.15. The minimum atomic E-state index is -0.583. The average molecular weight is 747 g/mol. The molecule has 0 radical (unpaired) electrons. The number of ether oxygens (including phenoxy) is 2. The highest BCUT2D eigenvalue weighted by molar-refractivity contribution is 7.80. The molecule has 54 heavy (non-hydrogen) atoms. The molecule has 0 bridgehead atoms. The van der Waals surface area contributed by atoms with E-state index in [1.807, 2.05) is 0 Å². The molecule has 2 nitrogen and oxygen atoms in total. The fourth-order valence-electron chi connectivity index (χ4n) is 6.48. The maximum Gasteiger partial charge on any atom is 0.119 e. The van der Waals surface area contributed by atoms with Crippen LogP contribution in [0.3, 0.4) is 0 Å². The molecule has 274 valence electrons. The maximum atomic E-state index is 6.09. The van der Waals surface area contributed by atoms with E-state index in [9.17, 15) is 0 Å². The molecule has 0 atom stereocenters. The third-order valence-corrected chi connectivity index (χ3v) is 14.2. The second kappa shape index (κ2) is 22.5. The molecular formula is C50H52O2P2. The number of hydrogen-bond acceptors (Lipinski definition) is 2. The molecular weight excluding hydrogens is 694 g/mol. The van der Waals surface area contributed by atoms with Gasteiger partial charge >= 0.3 is 0 Å². The monoisotopic (exact) mass is 746 g/mol. The lowest BCUT2D eigenvalue weighted by Gasteiger charge is -2.19. The number of rotatable bonds is 20. The van der Waals surface area contributed by atoms with Crippen molar-refractivity contribution in [2.24, 2.45) is 0 Å². The summed E-state index contributed by atoms with van der Waals surface area (Å²) < 4.78 is 12.2. The molecule has 0 saturated heterocycles. The minimum Gasteiger partial charge on any atom is -0.494 e. The van der Waals surface area contributed by atoms with Crippen molar-refractivity contribution in [2.45, 2.75) is 64.2 Å². The first-order valence-electron chi connectivity index (χ1n) is 19.6. The van der Waals surface area contributed by atoms with E-state index in [-0.39, 0.29) is 0 Å². The van der Waals surface area contributed by atoms with Crippen molar-refractivity contribution in [3.8, 4) is 23.3 Å². The standard InChI is InChI=1S/C50H52O2P2/c1(3-5-7-9-23-41-51-43-33-37-49(38-34-43)53(45-25-15-11-16-26-45)46-27-17-12-18-28-46)2-4-6-8-10-24-42-52-44-35-39-50(40-36-44)54(47-29-19-13-20-30-47)48-31-21-14-22-32-48/h11-22,25-40H,3-10,23-24,41-42H2. The minimum absolute atomic E-state index is 0.583. The first kappa shape index (κ1) is 39.0. The van der Waals surface area contributed by atoms with Gasteiger partial charge in [0.25, 0.3) is 0 Å². The van der Waals surface area contributed by atoms with E-state index in [1.54, 1.807) is 0 Å². The zero-order valence-corrected chi connectivity index (χ0v) is 33.2. The lowest BCUT2D eigenvalue weighted by molar-refractivity contribution is 0.304. The molecule has 0 unspecified atom stereocenters. The van der Waals surface area contributed by atoms with Crippen molar-refractivity contribution in [3.63, 3.8) is 0 Å². The lowest BCUT2D eigenvalue weighted by Crippen LogP contribution is -2.20. The van der Waals surface area contributed by atoms with Gasteiger partial charge in [0.1, 0.15) is 11.5 Å². The summed E-state index contributed by atoms with van der Waals surface area (Å²) in [6, 6.07) is 60.8. The van der Waals surface area contributed by atoms with Crippen molar-refractivity contribution in [1.29, 1.82) is 0 Å². The van der Waals surface area contributed by atoms with Crippen LogP contribution in [0.5, 0.6) is 11.5 Å². The highest BCUT2D eigenvalue weighted by Crippen LogP contribution is 2.34.